The Morgan fingerprint density at radius 3 is 2.60 bits per heavy atom. The summed E-state index contributed by atoms with van der Waals surface area (Å²) in [6.45, 7) is 8.15. The average molecular weight is 141 g/mol. The molecule has 10 heavy (non-hydrogen) atoms. The van der Waals surface area contributed by atoms with Gasteiger partial charge in [0.2, 0.25) is 0 Å². The molecule has 0 aromatic heterocycles. The van der Waals surface area contributed by atoms with Crippen LogP contribution >= 0.6 is 0 Å². The van der Waals surface area contributed by atoms with E-state index in [1.54, 1.807) is 0 Å². The Balaban J connectivity index is 2.29. The van der Waals surface area contributed by atoms with Crippen molar-refractivity contribution >= 4 is 0 Å². The van der Waals surface area contributed by atoms with Gasteiger partial charge in [-0.25, -0.2) is 0 Å². The molecule has 0 spiro atoms. The molecule has 0 aromatic rings. The maximum absolute atomic E-state index is 3.55. The summed E-state index contributed by atoms with van der Waals surface area (Å²) in [6, 6.07) is 0.806. The van der Waals surface area contributed by atoms with Gasteiger partial charge in [-0.2, -0.15) is 0 Å². The Morgan fingerprint density at radius 2 is 2.20 bits per heavy atom. The molecule has 1 aliphatic heterocycles. The van der Waals surface area contributed by atoms with E-state index in [2.05, 4.69) is 26.1 Å². The molecule has 0 bridgehead atoms. The SMILES string of the molecule is CCCC1CC(C)(C)CN1. The van der Waals surface area contributed by atoms with Crippen molar-refractivity contribution in [3.63, 3.8) is 0 Å². The number of hydrogen-bond acceptors (Lipinski definition) is 1. The quantitative estimate of drug-likeness (QED) is 0.621. The summed E-state index contributed by atoms with van der Waals surface area (Å²) in [5.74, 6) is 0. The summed E-state index contributed by atoms with van der Waals surface area (Å²) in [4.78, 5) is 0. The van der Waals surface area contributed by atoms with E-state index in [-0.39, 0.29) is 0 Å². The lowest BCUT2D eigenvalue weighted by Gasteiger charge is -2.14. The minimum Gasteiger partial charge on any atom is -0.313 e. The summed E-state index contributed by atoms with van der Waals surface area (Å²) in [7, 11) is 0. The monoisotopic (exact) mass is 141 g/mol. The van der Waals surface area contributed by atoms with Gasteiger partial charge in [-0.05, 0) is 18.3 Å². The molecule has 0 saturated carbocycles. The van der Waals surface area contributed by atoms with E-state index in [9.17, 15) is 0 Å². The van der Waals surface area contributed by atoms with Crippen LogP contribution < -0.4 is 5.32 Å². The fraction of sp³-hybridized carbons (Fsp3) is 1.00. The standard InChI is InChI=1S/C9H19N/c1-4-5-8-6-9(2,3)7-10-8/h8,10H,4-7H2,1-3H3. The van der Waals surface area contributed by atoms with Crippen molar-refractivity contribution in [3.05, 3.63) is 0 Å². The molecular weight excluding hydrogens is 122 g/mol. The van der Waals surface area contributed by atoms with E-state index in [4.69, 9.17) is 0 Å². The minimum atomic E-state index is 0.555. The maximum Gasteiger partial charge on any atom is 0.00727 e. The number of rotatable bonds is 2. The Kier molecular flexibility index (Phi) is 2.35. The Labute approximate surface area is 64.2 Å². The van der Waals surface area contributed by atoms with Gasteiger partial charge in [-0.3, -0.25) is 0 Å². The summed E-state index contributed by atoms with van der Waals surface area (Å²) < 4.78 is 0. The molecule has 60 valence electrons. The summed E-state index contributed by atoms with van der Waals surface area (Å²) >= 11 is 0. The Hall–Kier alpha value is -0.0400. The predicted molar refractivity (Wildman–Crippen MR) is 45.1 cm³/mol. The highest BCUT2D eigenvalue weighted by Gasteiger charge is 2.29. The predicted octanol–water partition coefficient (Wildman–Crippen LogP) is 2.17. The molecule has 1 saturated heterocycles. The highest BCUT2D eigenvalue weighted by molar-refractivity contribution is 4.86. The second-order valence-electron chi connectivity index (χ2n) is 4.23. The van der Waals surface area contributed by atoms with Gasteiger partial charge in [-0.1, -0.05) is 27.2 Å². The highest BCUT2D eigenvalue weighted by Crippen LogP contribution is 2.28. The average Bonchev–Trinajstić information content (AvgIpc) is 2.12. The van der Waals surface area contributed by atoms with Crippen LogP contribution in [0.3, 0.4) is 0 Å². The van der Waals surface area contributed by atoms with Crippen LogP contribution in [-0.2, 0) is 0 Å². The lowest BCUT2D eigenvalue weighted by atomic mass is 9.90. The molecule has 0 amide bonds. The lowest BCUT2D eigenvalue weighted by molar-refractivity contribution is 0.397. The van der Waals surface area contributed by atoms with Gasteiger partial charge in [0.05, 0.1) is 0 Å². The van der Waals surface area contributed by atoms with Gasteiger partial charge in [0.25, 0.3) is 0 Å². The summed E-state index contributed by atoms with van der Waals surface area (Å²) in [5, 5.41) is 3.55. The zero-order chi connectivity index (χ0) is 7.61. The van der Waals surface area contributed by atoms with Crippen LogP contribution in [-0.4, -0.2) is 12.6 Å². The Morgan fingerprint density at radius 1 is 1.50 bits per heavy atom. The van der Waals surface area contributed by atoms with E-state index >= 15 is 0 Å². The van der Waals surface area contributed by atoms with Crippen molar-refractivity contribution in [2.24, 2.45) is 5.41 Å². The van der Waals surface area contributed by atoms with E-state index < -0.39 is 0 Å². The van der Waals surface area contributed by atoms with Crippen molar-refractivity contribution in [3.8, 4) is 0 Å². The third-order valence-corrected chi connectivity index (χ3v) is 2.31. The van der Waals surface area contributed by atoms with E-state index in [0.29, 0.717) is 5.41 Å². The molecule has 1 nitrogen and oxygen atoms in total. The topological polar surface area (TPSA) is 12.0 Å². The van der Waals surface area contributed by atoms with Crippen LogP contribution in [0, 0.1) is 5.41 Å². The first kappa shape index (κ1) is 8.06. The molecule has 0 aliphatic carbocycles. The van der Waals surface area contributed by atoms with Crippen molar-refractivity contribution < 1.29 is 0 Å². The molecule has 1 N–H and O–H groups in total. The van der Waals surface area contributed by atoms with Crippen LogP contribution in [0.15, 0.2) is 0 Å². The fourth-order valence-corrected chi connectivity index (χ4v) is 1.78. The van der Waals surface area contributed by atoms with E-state index in [1.165, 1.54) is 25.8 Å². The van der Waals surface area contributed by atoms with Gasteiger partial charge in [-0.15, -0.1) is 0 Å². The van der Waals surface area contributed by atoms with Gasteiger partial charge in [0, 0.05) is 12.6 Å². The molecule has 1 aliphatic rings. The van der Waals surface area contributed by atoms with Gasteiger partial charge in [0.1, 0.15) is 0 Å². The normalized spacial score (nSPS) is 30.9. The van der Waals surface area contributed by atoms with E-state index in [0.717, 1.165) is 6.04 Å². The fourth-order valence-electron chi connectivity index (χ4n) is 1.78. The largest absolute Gasteiger partial charge is 0.313 e. The van der Waals surface area contributed by atoms with Crippen molar-refractivity contribution in [2.75, 3.05) is 6.54 Å². The summed E-state index contributed by atoms with van der Waals surface area (Å²) in [5.41, 5.74) is 0.555. The van der Waals surface area contributed by atoms with Crippen molar-refractivity contribution in [1.82, 2.24) is 5.32 Å². The second kappa shape index (κ2) is 2.91. The molecule has 1 heteroatoms. The summed E-state index contributed by atoms with van der Waals surface area (Å²) in [6.07, 6.45) is 4.03. The molecule has 0 radical (unpaired) electrons. The van der Waals surface area contributed by atoms with Gasteiger partial charge >= 0.3 is 0 Å². The van der Waals surface area contributed by atoms with Crippen LogP contribution in [0.25, 0.3) is 0 Å². The minimum absolute atomic E-state index is 0.555. The first-order chi connectivity index (χ1) is 4.64. The zero-order valence-electron chi connectivity index (χ0n) is 7.41. The molecule has 1 atom stereocenters. The van der Waals surface area contributed by atoms with E-state index in [1.807, 2.05) is 0 Å². The van der Waals surface area contributed by atoms with Crippen LogP contribution in [0.4, 0.5) is 0 Å². The second-order valence-corrected chi connectivity index (χ2v) is 4.23. The molecular formula is C9H19N. The number of nitrogens with one attached hydrogen (secondary N) is 1. The van der Waals surface area contributed by atoms with Crippen LogP contribution in [0.1, 0.15) is 40.0 Å². The van der Waals surface area contributed by atoms with Gasteiger partial charge in [0.15, 0.2) is 0 Å². The van der Waals surface area contributed by atoms with Crippen LogP contribution in [0.2, 0.25) is 0 Å². The lowest BCUT2D eigenvalue weighted by Crippen LogP contribution is -2.21. The maximum atomic E-state index is 3.55. The zero-order valence-corrected chi connectivity index (χ0v) is 7.41. The smallest absolute Gasteiger partial charge is 0.00727 e. The Bertz CT molecular complexity index is 107. The molecule has 0 aromatic carbocycles. The van der Waals surface area contributed by atoms with Gasteiger partial charge < -0.3 is 5.32 Å². The first-order valence-electron chi connectivity index (χ1n) is 4.37. The molecule has 1 fully saturated rings. The molecule has 1 heterocycles. The molecule has 1 rings (SSSR count). The number of hydrogen-bond donors (Lipinski definition) is 1. The van der Waals surface area contributed by atoms with Crippen molar-refractivity contribution in [1.29, 1.82) is 0 Å². The highest BCUT2D eigenvalue weighted by atomic mass is 15.0. The first-order valence-corrected chi connectivity index (χ1v) is 4.37. The van der Waals surface area contributed by atoms with Crippen LogP contribution in [0.5, 0.6) is 0 Å². The third kappa shape index (κ3) is 1.98. The third-order valence-electron chi connectivity index (χ3n) is 2.31. The van der Waals surface area contributed by atoms with Crippen molar-refractivity contribution in [2.45, 2.75) is 46.1 Å². The molecule has 1 unspecified atom stereocenters.